The lowest BCUT2D eigenvalue weighted by Gasteiger charge is -2.13. The molecule has 0 spiro atoms. The van der Waals surface area contributed by atoms with Gasteiger partial charge in [-0.3, -0.25) is 4.99 Å². The summed E-state index contributed by atoms with van der Waals surface area (Å²) in [7, 11) is 0. The summed E-state index contributed by atoms with van der Waals surface area (Å²) in [6.07, 6.45) is 32.6. The van der Waals surface area contributed by atoms with Crippen molar-refractivity contribution in [2.24, 2.45) is 4.99 Å². The minimum Gasteiger partial charge on any atom is -0.293 e. The Kier molecular flexibility index (Phi) is 16.8. The van der Waals surface area contributed by atoms with E-state index >= 15 is 0 Å². The fourth-order valence-electron chi connectivity index (χ4n) is 6.42. The summed E-state index contributed by atoms with van der Waals surface area (Å²) >= 11 is 0. The van der Waals surface area contributed by atoms with Gasteiger partial charge in [-0.15, -0.1) is 0 Å². The zero-order valence-corrected chi connectivity index (χ0v) is 31.8. The van der Waals surface area contributed by atoms with Gasteiger partial charge in [0.15, 0.2) is 24.8 Å². The van der Waals surface area contributed by atoms with E-state index in [4.69, 9.17) is 4.99 Å². The lowest BCUT2D eigenvalue weighted by molar-refractivity contribution is -0.697. The average molecular weight is 672 g/mol. The molecule has 3 heterocycles. The van der Waals surface area contributed by atoms with Gasteiger partial charge in [-0.1, -0.05) is 89.5 Å². The van der Waals surface area contributed by atoms with Gasteiger partial charge in [-0.2, -0.15) is 4.57 Å². The Labute approximate surface area is 304 Å². The van der Waals surface area contributed by atoms with Crippen LogP contribution in [0.4, 0.5) is 0 Å². The van der Waals surface area contributed by atoms with Crippen molar-refractivity contribution in [2.45, 2.75) is 125 Å². The highest BCUT2D eigenvalue weighted by atomic mass is 15.0. The first kappa shape index (κ1) is 38.6. The van der Waals surface area contributed by atoms with Gasteiger partial charge >= 0.3 is 0 Å². The summed E-state index contributed by atoms with van der Waals surface area (Å²) in [6.45, 7) is 14.0. The van der Waals surface area contributed by atoms with Crippen LogP contribution in [0, 0.1) is 6.92 Å². The number of nitrogens with zero attached hydrogens (tertiary/aromatic N) is 4. The van der Waals surface area contributed by atoms with E-state index in [0.29, 0.717) is 0 Å². The predicted octanol–water partition coefficient (Wildman–Crippen LogP) is 11.1. The quantitative estimate of drug-likeness (QED) is 0.0364. The molecular formula is C46H63N4+3. The molecule has 264 valence electrons. The first-order valence-corrected chi connectivity index (χ1v) is 19.6. The molecule has 0 amide bonds. The van der Waals surface area contributed by atoms with Crippen LogP contribution in [0.1, 0.15) is 110 Å². The summed E-state index contributed by atoms with van der Waals surface area (Å²) in [5.41, 5.74) is 9.49. The number of rotatable bonds is 21. The molecular weight excluding hydrogens is 609 g/mol. The van der Waals surface area contributed by atoms with E-state index in [1.165, 1.54) is 98.4 Å². The Hall–Kier alpha value is -4.18. The molecule has 0 aliphatic carbocycles. The maximum absolute atomic E-state index is 4.81. The number of aryl methyl sites for hydroxylation is 3. The third kappa shape index (κ3) is 12.0. The smallest absolute Gasteiger partial charge is 0.220 e. The molecule has 3 aromatic heterocycles. The SMILES string of the molecule is C/C=C\C(=C/C=NCCCCCC)[n+]1c(-c2ccc(C)cc2)cc(-c2cc[n+](CCCCCC)cc2)cc1-c1cc[n+](CCCCCC)cc1. The van der Waals surface area contributed by atoms with Crippen LogP contribution in [0.3, 0.4) is 0 Å². The summed E-state index contributed by atoms with van der Waals surface area (Å²) in [4.78, 5) is 4.81. The molecule has 0 saturated heterocycles. The first-order valence-electron chi connectivity index (χ1n) is 19.6. The monoisotopic (exact) mass is 672 g/mol. The van der Waals surface area contributed by atoms with E-state index < -0.39 is 0 Å². The van der Waals surface area contributed by atoms with Gasteiger partial charge in [0.1, 0.15) is 13.1 Å². The van der Waals surface area contributed by atoms with E-state index in [1.54, 1.807) is 0 Å². The molecule has 0 atom stereocenters. The van der Waals surface area contributed by atoms with Crippen molar-refractivity contribution in [3.8, 4) is 33.6 Å². The second kappa shape index (κ2) is 21.8. The Morgan fingerprint density at radius 2 is 1.08 bits per heavy atom. The molecule has 0 N–H and O–H groups in total. The van der Waals surface area contributed by atoms with Crippen molar-refractivity contribution in [3.05, 3.63) is 109 Å². The minimum atomic E-state index is 0.866. The highest BCUT2D eigenvalue weighted by Gasteiger charge is 2.26. The van der Waals surface area contributed by atoms with Gasteiger partial charge in [-0.05, 0) is 56.4 Å². The number of unbranched alkanes of at least 4 members (excludes halogenated alkanes) is 9. The normalized spacial score (nSPS) is 12.1. The van der Waals surface area contributed by atoms with Gasteiger partial charge in [0.2, 0.25) is 17.1 Å². The third-order valence-electron chi connectivity index (χ3n) is 9.45. The summed E-state index contributed by atoms with van der Waals surface area (Å²) in [5, 5.41) is 0. The van der Waals surface area contributed by atoms with Crippen molar-refractivity contribution >= 4 is 11.9 Å². The number of hydrogen-bond acceptors (Lipinski definition) is 1. The van der Waals surface area contributed by atoms with E-state index in [9.17, 15) is 0 Å². The van der Waals surface area contributed by atoms with Crippen LogP contribution in [0.5, 0.6) is 0 Å². The number of aromatic nitrogens is 3. The van der Waals surface area contributed by atoms with E-state index in [-0.39, 0.29) is 0 Å². The Balaban J connectivity index is 1.85. The third-order valence-corrected chi connectivity index (χ3v) is 9.45. The maximum atomic E-state index is 4.81. The maximum Gasteiger partial charge on any atom is 0.220 e. The molecule has 50 heavy (non-hydrogen) atoms. The molecule has 1 aromatic carbocycles. The van der Waals surface area contributed by atoms with Gasteiger partial charge in [-0.25, -0.2) is 9.13 Å². The molecule has 0 aliphatic heterocycles. The topological polar surface area (TPSA) is 24.0 Å². The molecule has 4 aromatic rings. The molecule has 0 fully saturated rings. The van der Waals surface area contributed by atoms with Crippen molar-refractivity contribution < 1.29 is 13.7 Å². The van der Waals surface area contributed by atoms with Crippen LogP contribution in [0.25, 0.3) is 39.3 Å². The van der Waals surface area contributed by atoms with Gasteiger partial charge in [0.25, 0.3) is 0 Å². The number of pyridine rings is 3. The fraction of sp³-hybridized carbons (Fsp3) is 0.435. The number of aliphatic imine (C=N–C) groups is 1. The molecule has 4 nitrogen and oxygen atoms in total. The first-order chi connectivity index (χ1) is 24.6. The number of allylic oxidation sites excluding steroid dienone is 4. The van der Waals surface area contributed by atoms with Crippen LogP contribution in [-0.2, 0) is 13.1 Å². The fourth-order valence-corrected chi connectivity index (χ4v) is 6.42. The molecule has 0 unspecified atom stereocenters. The highest BCUT2D eigenvalue weighted by molar-refractivity contribution is 5.81. The van der Waals surface area contributed by atoms with Gasteiger partial charge in [0, 0.05) is 79.7 Å². The second-order valence-corrected chi connectivity index (χ2v) is 13.7. The Bertz CT molecular complexity index is 1640. The summed E-state index contributed by atoms with van der Waals surface area (Å²) in [6, 6.07) is 22.8. The number of hydrogen-bond donors (Lipinski definition) is 0. The minimum absolute atomic E-state index is 0.866. The lowest BCUT2D eigenvalue weighted by Crippen LogP contribution is -2.38. The zero-order valence-electron chi connectivity index (χ0n) is 31.8. The average Bonchev–Trinajstić information content (AvgIpc) is 3.15. The standard InChI is InChI=1S/C46H63N4/c1-6-10-13-16-29-47-30-24-44(19-9-4)50-45(41-22-20-39(5)21-23-41)37-43(40-25-33-48(34-26-40)31-17-14-11-7-2)38-46(50)42-27-35-49(36-28-42)32-18-15-12-8-3/h9,19-28,30,33-38H,6-8,10-18,29,31-32H2,1-5H3/q+3/b19-9-,44-24+,47-30?. The van der Waals surface area contributed by atoms with Crippen molar-refractivity contribution in [3.63, 3.8) is 0 Å². The van der Waals surface area contributed by atoms with Crippen LogP contribution in [0.15, 0.2) is 109 Å². The van der Waals surface area contributed by atoms with Crippen LogP contribution >= 0.6 is 0 Å². The summed E-state index contributed by atoms with van der Waals surface area (Å²) < 4.78 is 7.09. The molecule has 0 radical (unpaired) electrons. The van der Waals surface area contributed by atoms with Crippen LogP contribution < -0.4 is 13.7 Å². The Morgan fingerprint density at radius 3 is 1.60 bits per heavy atom. The largest absolute Gasteiger partial charge is 0.293 e. The molecule has 4 heteroatoms. The predicted molar refractivity (Wildman–Crippen MR) is 213 cm³/mol. The molecule has 0 saturated carbocycles. The van der Waals surface area contributed by atoms with E-state index in [0.717, 1.165) is 43.1 Å². The van der Waals surface area contributed by atoms with Crippen molar-refractivity contribution in [1.29, 1.82) is 0 Å². The highest BCUT2D eigenvalue weighted by Crippen LogP contribution is 2.30. The number of benzene rings is 1. The van der Waals surface area contributed by atoms with Crippen LogP contribution in [0.2, 0.25) is 0 Å². The second-order valence-electron chi connectivity index (χ2n) is 13.7. The molecule has 4 rings (SSSR count). The Morgan fingerprint density at radius 1 is 0.580 bits per heavy atom. The van der Waals surface area contributed by atoms with Gasteiger partial charge in [0.05, 0.1) is 5.56 Å². The zero-order chi connectivity index (χ0) is 35.4. The van der Waals surface area contributed by atoms with E-state index in [2.05, 4.69) is 152 Å². The lowest BCUT2D eigenvalue weighted by atomic mass is 9.99. The molecule has 0 aliphatic rings. The summed E-state index contributed by atoms with van der Waals surface area (Å²) in [5.74, 6) is 0. The van der Waals surface area contributed by atoms with E-state index in [1.807, 2.05) is 6.21 Å². The van der Waals surface area contributed by atoms with Crippen molar-refractivity contribution in [1.82, 2.24) is 0 Å². The van der Waals surface area contributed by atoms with Crippen LogP contribution in [-0.4, -0.2) is 12.8 Å². The molecule has 0 bridgehead atoms. The van der Waals surface area contributed by atoms with Crippen molar-refractivity contribution in [2.75, 3.05) is 6.54 Å². The van der Waals surface area contributed by atoms with Gasteiger partial charge < -0.3 is 0 Å².